The van der Waals surface area contributed by atoms with E-state index in [1.54, 1.807) is 6.07 Å². The maximum Gasteiger partial charge on any atom is 0.219 e. The number of hydrogen-bond donors (Lipinski definition) is 1. The molecule has 1 aliphatic heterocycles. The summed E-state index contributed by atoms with van der Waals surface area (Å²) in [5, 5.41) is 5.45. The summed E-state index contributed by atoms with van der Waals surface area (Å²) < 4.78 is 6.38. The smallest absolute Gasteiger partial charge is 0.219 e. The Morgan fingerprint density at radius 2 is 1.56 bits per heavy atom. The highest BCUT2D eigenvalue weighted by Gasteiger charge is 2.36. The first-order valence-corrected chi connectivity index (χ1v) is 12.2. The minimum Gasteiger partial charge on any atom is -0.471 e. The number of benzene rings is 3. The van der Waals surface area contributed by atoms with Crippen LogP contribution < -0.4 is 10.1 Å². The van der Waals surface area contributed by atoms with E-state index in [0.717, 1.165) is 40.1 Å². The van der Waals surface area contributed by atoms with Crippen molar-refractivity contribution in [2.24, 2.45) is 0 Å². The van der Waals surface area contributed by atoms with E-state index in [1.807, 2.05) is 54.6 Å². The average molecular weight is 510 g/mol. The van der Waals surface area contributed by atoms with E-state index < -0.39 is 5.60 Å². The molecular formula is C28H23Cl3N2O. The molecule has 0 aliphatic carbocycles. The third-order valence-electron chi connectivity index (χ3n) is 5.92. The van der Waals surface area contributed by atoms with E-state index >= 15 is 0 Å². The molecule has 4 aromatic rings. The van der Waals surface area contributed by atoms with Crippen LogP contribution in [0.15, 0.2) is 78.9 Å². The minimum atomic E-state index is -0.394. The topological polar surface area (TPSA) is 34.2 Å². The van der Waals surface area contributed by atoms with Crippen LogP contribution in [-0.2, 0) is 0 Å². The third-order valence-corrected chi connectivity index (χ3v) is 6.72. The summed E-state index contributed by atoms with van der Waals surface area (Å²) in [6, 6.07) is 25.6. The Morgan fingerprint density at radius 1 is 0.853 bits per heavy atom. The summed E-state index contributed by atoms with van der Waals surface area (Å²) in [6.07, 6.45) is 0.789. The summed E-state index contributed by atoms with van der Waals surface area (Å²) >= 11 is 19.0. The molecule has 0 saturated heterocycles. The van der Waals surface area contributed by atoms with Gasteiger partial charge in [0.15, 0.2) is 0 Å². The number of aromatic nitrogens is 1. The zero-order chi connectivity index (χ0) is 23.9. The van der Waals surface area contributed by atoms with Crippen molar-refractivity contribution in [1.82, 2.24) is 4.98 Å². The molecule has 1 atom stereocenters. The Kier molecular flexibility index (Phi) is 6.20. The molecule has 3 aromatic carbocycles. The number of pyridine rings is 1. The second-order valence-electron chi connectivity index (χ2n) is 9.04. The molecule has 0 radical (unpaired) electrons. The Balaban J connectivity index is 1.71. The number of nitrogens with one attached hydrogen (secondary N) is 1. The molecule has 6 heteroatoms. The van der Waals surface area contributed by atoms with Gasteiger partial charge in [-0.2, -0.15) is 0 Å². The molecule has 2 heterocycles. The van der Waals surface area contributed by atoms with Gasteiger partial charge in [-0.3, -0.25) is 0 Å². The van der Waals surface area contributed by atoms with Gasteiger partial charge in [-0.15, -0.1) is 0 Å². The summed E-state index contributed by atoms with van der Waals surface area (Å²) in [5.74, 6) is 0.600. The van der Waals surface area contributed by atoms with E-state index in [-0.39, 0.29) is 6.04 Å². The number of nitrogens with zero attached hydrogens (tertiary/aromatic N) is 1. The monoisotopic (exact) mass is 508 g/mol. The van der Waals surface area contributed by atoms with Crippen LogP contribution in [0, 0.1) is 0 Å². The van der Waals surface area contributed by atoms with Crippen molar-refractivity contribution < 1.29 is 4.74 Å². The number of hydrogen-bond acceptors (Lipinski definition) is 3. The molecule has 172 valence electrons. The largest absolute Gasteiger partial charge is 0.471 e. The van der Waals surface area contributed by atoms with Crippen molar-refractivity contribution in [3.8, 4) is 28.3 Å². The van der Waals surface area contributed by atoms with Crippen LogP contribution >= 0.6 is 34.8 Å². The number of para-hydroxylation sites is 1. The van der Waals surface area contributed by atoms with E-state index in [4.69, 9.17) is 44.5 Å². The first-order valence-electron chi connectivity index (χ1n) is 11.1. The zero-order valence-corrected chi connectivity index (χ0v) is 21.0. The average Bonchev–Trinajstić information content (AvgIpc) is 2.79. The van der Waals surface area contributed by atoms with Gasteiger partial charge in [0.05, 0.1) is 16.8 Å². The molecule has 0 unspecified atom stereocenters. The zero-order valence-electron chi connectivity index (χ0n) is 18.8. The molecule has 1 aliphatic rings. The lowest BCUT2D eigenvalue weighted by atomic mass is 9.88. The van der Waals surface area contributed by atoms with E-state index in [1.165, 1.54) is 0 Å². The highest BCUT2D eigenvalue weighted by atomic mass is 35.5. The SMILES string of the molecule is CC1(C)C[C@@H](Nc2ccccc2)c2cc(-c3ccc(Cl)cc3)c(-c3ccc(Cl)cc3Cl)nc2O1. The molecule has 34 heavy (non-hydrogen) atoms. The number of ether oxygens (including phenoxy) is 1. The van der Waals surface area contributed by atoms with Crippen molar-refractivity contribution in [3.63, 3.8) is 0 Å². The number of fused-ring (bicyclic) bond motifs is 1. The predicted octanol–water partition coefficient (Wildman–Crippen LogP) is 9.09. The fourth-order valence-electron chi connectivity index (χ4n) is 4.35. The Hall–Kier alpha value is -2.72. The Morgan fingerprint density at radius 3 is 2.26 bits per heavy atom. The second kappa shape index (κ2) is 9.14. The van der Waals surface area contributed by atoms with Crippen molar-refractivity contribution in [3.05, 3.63) is 99.5 Å². The molecule has 0 spiro atoms. The van der Waals surface area contributed by atoms with Crippen molar-refractivity contribution in [2.75, 3.05) is 5.32 Å². The number of rotatable bonds is 4. The number of anilines is 1. The maximum absolute atomic E-state index is 6.63. The summed E-state index contributed by atoms with van der Waals surface area (Å²) in [5.41, 5.74) is 5.12. The number of halogens is 3. The van der Waals surface area contributed by atoms with Crippen molar-refractivity contribution in [1.29, 1.82) is 0 Å². The van der Waals surface area contributed by atoms with Gasteiger partial charge in [-0.25, -0.2) is 4.98 Å². The lowest BCUT2D eigenvalue weighted by Gasteiger charge is -2.38. The maximum atomic E-state index is 6.63. The van der Waals surface area contributed by atoms with Gasteiger partial charge >= 0.3 is 0 Å². The van der Waals surface area contributed by atoms with Crippen LogP contribution in [0.1, 0.15) is 31.9 Å². The standard InChI is InChI=1S/C28H23Cl3N2O/c1-28(2)16-25(32-20-6-4-3-5-7-20)23-15-22(17-8-10-18(29)11-9-17)26(33-27(23)34-28)21-13-12-19(30)14-24(21)31/h3-15,25,32H,16H2,1-2H3/t25-/m1/s1. The van der Waals surface area contributed by atoms with Crippen molar-refractivity contribution in [2.45, 2.75) is 31.9 Å². The van der Waals surface area contributed by atoms with Gasteiger partial charge in [0.2, 0.25) is 5.88 Å². The Labute approximate surface area is 214 Å². The van der Waals surface area contributed by atoms with E-state index in [2.05, 4.69) is 37.4 Å². The molecule has 5 rings (SSSR count). The molecular weight excluding hydrogens is 487 g/mol. The highest BCUT2D eigenvalue weighted by molar-refractivity contribution is 6.36. The second-order valence-corrected chi connectivity index (χ2v) is 10.3. The van der Waals surface area contributed by atoms with Gasteiger partial charge in [0.1, 0.15) is 5.60 Å². The van der Waals surface area contributed by atoms with Crippen molar-refractivity contribution >= 4 is 40.5 Å². The molecule has 0 bridgehead atoms. The Bertz CT molecular complexity index is 1340. The molecule has 0 amide bonds. The molecule has 1 N–H and O–H groups in total. The van der Waals surface area contributed by atoms with E-state index in [0.29, 0.717) is 20.9 Å². The van der Waals surface area contributed by atoms with Crippen LogP contribution in [0.2, 0.25) is 15.1 Å². The quantitative estimate of drug-likeness (QED) is 0.298. The van der Waals surface area contributed by atoms with Crippen LogP contribution in [0.4, 0.5) is 5.69 Å². The van der Waals surface area contributed by atoms with Crippen LogP contribution in [0.25, 0.3) is 22.4 Å². The first-order chi connectivity index (χ1) is 16.3. The normalized spacial score (nSPS) is 16.4. The first kappa shape index (κ1) is 23.0. The fourth-order valence-corrected chi connectivity index (χ4v) is 4.97. The van der Waals surface area contributed by atoms with Gasteiger partial charge in [0.25, 0.3) is 0 Å². The van der Waals surface area contributed by atoms with Gasteiger partial charge in [-0.1, -0.05) is 65.1 Å². The molecule has 0 fully saturated rings. The minimum absolute atomic E-state index is 0.0226. The molecule has 3 nitrogen and oxygen atoms in total. The molecule has 1 aromatic heterocycles. The molecule has 0 saturated carbocycles. The predicted molar refractivity (Wildman–Crippen MR) is 142 cm³/mol. The van der Waals surface area contributed by atoms with Crippen LogP contribution in [-0.4, -0.2) is 10.6 Å². The van der Waals surface area contributed by atoms with E-state index in [9.17, 15) is 0 Å². The summed E-state index contributed by atoms with van der Waals surface area (Å²) in [7, 11) is 0. The lowest BCUT2D eigenvalue weighted by molar-refractivity contribution is 0.0699. The summed E-state index contributed by atoms with van der Waals surface area (Å²) in [6.45, 7) is 4.17. The summed E-state index contributed by atoms with van der Waals surface area (Å²) in [4.78, 5) is 5.04. The van der Waals surface area contributed by atoms with Crippen LogP contribution in [0.5, 0.6) is 5.88 Å². The highest BCUT2D eigenvalue weighted by Crippen LogP contribution is 2.45. The van der Waals surface area contributed by atoms with Crippen LogP contribution in [0.3, 0.4) is 0 Å². The van der Waals surface area contributed by atoms with Gasteiger partial charge in [-0.05, 0) is 67.9 Å². The third kappa shape index (κ3) is 4.74. The van der Waals surface area contributed by atoms with Gasteiger partial charge in [0, 0.05) is 38.8 Å². The lowest BCUT2D eigenvalue weighted by Crippen LogP contribution is -2.37. The van der Waals surface area contributed by atoms with Gasteiger partial charge < -0.3 is 10.1 Å². The fraction of sp³-hybridized carbons (Fsp3) is 0.179.